The zero-order chi connectivity index (χ0) is 30.3. The maximum absolute atomic E-state index is 11.5. The van der Waals surface area contributed by atoms with Crippen LogP contribution in [0.1, 0.15) is 78.1 Å². The van der Waals surface area contributed by atoms with Crippen LogP contribution in [0.5, 0.6) is 0 Å². The van der Waals surface area contributed by atoms with Gasteiger partial charge in [-0.1, -0.05) is 66.3 Å². The van der Waals surface area contributed by atoms with Gasteiger partial charge >= 0.3 is 29.0 Å². The minimum absolute atomic E-state index is 0. The molecular formula is C34H32Fe2N4O4. The van der Waals surface area contributed by atoms with Gasteiger partial charge in [-0.3, -0.25) is 9.59 Å². The summed E-state index contributed by atoms with van der Waals surface area (Å²) >= 11 is 0. The van der Waals surface area contributed by atoms with Crippen LogP contribution >= 0.6 is 0 Å². The number of carboxylic acid groups (broad SMARTS) is 2. The van der Waals surface area contributed by atoms with Gasteiger partial charge in [-0.2, -0.15) is 0 Å². The van der Waals surface area contributed by atoms with E-state index >= 15 is 0 Å². The Morgan fingerprint density at radius 2 is 1.25 bits per heavy atom. The van der Waals surface area contributed by atoms with Gasteiger partial charge < -0.3 is 20.2 Å². The number of nitrogens with zero attached hydrogens (tertiary/aromatic N) is 4. The van der Waals surface area contributed by atoms with Gasteiger partial charge in [-0.15, -0.1) is 22.1 Å². The Kier molecular flexibility index (Phi) is 10.8. The first-order valence-electron chi connectivity index (χ1n) is 13.8. The summed E-state index contributed by atoms with van der Waals surface area (Å²) in [5, 5.41) is 18.9. The molecule has 2 aliphatic rings. The van der Waals surface area contributed by atoms with Gasteiger partial charge in [-0.25, -0.2) is 9.97 Å². The molecule has 0 aliphatic carbocycles. The van der Waals surface area contributed by atoms with Gasteiger partial charge in [0.15, 0.2) is 0 Å². The Hall–Kier alpha value is -3.94. The molecule has 3 aromatic rings. The second-order valence-electron chi connectivity index (χ2n) is 10.6. The largest absolute Gasteiger partial charge is 2.00 e. The Morgan fingerprint density at radius 1 is 0.727 bits per heavy atom. The van der Waals surface area contributed by atoms with Gasteiger partial charge in [0.1, 0.15) is 0 Å². The minimum atomic E-state index is -0.898. The van der Waals surface area contributed by atoms with Crippen molar-refractivity contribution in [3.63, 3.8) is 0 Å². The molecule has 2 N–H and O–H groups in total. The number of aromatic nitrogens is 4. The zero-order valence-corrected chi connectivity index (χ0v) is 27.1. The molecule has 3 aromatic heterocycles. The quantitative estimate of drug-likeness (QED) is 0.252. The molecule has 228 valence electrons. The van der Waals surface area contributed by atoms with Crippen molar-refractivity contribution >= 4 is 62.4 Å². The van der Waals surface area contributed by atoms with Crippen LogP contribution in [0, 0.1) is 13.8 Å². The molecule has 0 aromatic carbocycles. The number of fused-ring (bicyclic) bond motifs is 8. The average Bonchev–Trinajstić information content (AvgIpc) is 3.59. The molecule has 0 radical (unpaired) electrons. The topological polar surface area (TPSA) is 129 Å². The number of hydrogen-bond donors (Lipinski definition) is 2. The summed E-state index contributed by atoms with van der Waals surface area (Å²) in [5.41, 5.74) is 12.6. The SMILES string of the molecule is C=CC1=C(C)c2cc3[n-]c(cc4nc(cc5[n-]c(cc1n2)c(C)c5C=C)C(C)=C4CCC(=O)O)c(CCC(=O)O)c3C.[Fe+2].[Fe]. The number of aryl methyl sites for hydroxylation is 3. The predicted molar refractivity (Wildman–Crippen MR) is 167 cm³/mol. The molecule has 5 heterocycles. The van der Waals surface area contributed by atoms with Gasteiger partial charge in [0, 0.05) is 35.5 Å². The number of carbonyl (C=O) groups is 2. The smallest absolute Gasteiger partial charge is 0.657 e. The van der Waals surface area contributed by atoms with Crippen LogP contribution in [0.2, 0.25) is 0 Å². The Bertz CT molecular complexity index is 1930. The van der Waals surface area contributed by atoms with E-state index in [0.717, 1.165) is 61.5 Å². The maximum atomic E-state index is 11.5. The summed E-state index contributed by atoms with van der Waals surface area (Å²) in [6.45, 7) is 15.9. The van der Waals surface area contributed by atoms with Crippen LogP contribution in [0.3, 0.4) is 0 Å². The van der Waals surface area contributed by atoms with Crippen molar-refractivity contribution in [2.24, 2.45) is 0 Å². The van der Waals surface area contributed by atoms with E-state index in [9.17, 15) is 19.8 Å². The molecule has 0 amide bonds. The van der Waals surface area contributed by atoms with Crippen molar-refractivity contribution < 1.29 is 53.9 Å². The standard InChI is InChI=1S/C34H34N4O4.2Fe/c1-7-21-17(3)25-13-26-19(5)23(9-11-33(39)40)31(37-26)16-32-24(10-12-34(41)42)20(6)28(38-32)15-30-22(8-2)18(4)27(36-30)14-29(21)35-25;;/h7-8,13-16H,1-2,9-12H2,3-6H3,(H4,35,36,37,38,39,40,41,42);;/q;;+2/p-2. The summed E-state index contributed by atoms with van der Waals surface area (Å²) in [6, 6.07) is 7.62. The van der Waals surface area contributed by atoms with Crippen LogP contribution in [0.25, 0.3) is 50.4 Å². The number of aliphatic carboxylic acids is 2. The van der Waals surface area contributed by atoms with E-state index in [1.54, 1.807) is 12.2 Å². The van der Waals surface area contributed by atoms with Crippen LogP contribution in [0.4, 0.5) is 0 Å². The van der Waals surface area contributed by atoms with E-state index in [2.05, 4.69) is 13.2 Å². The monoisotopic (exact) mass is 672 g/mol. The molecule has 5 rings (SSSR count). The van der Waals surface area contributed by atoms with Crippen LogP contribution in [-0.4, -0.2) is 32.1 Å². The van der Waals surface area contributed by atoms with Crippen molar-refractivity contribution in [1.82, 2.24) is 19.9 Å². The first kappa shape index (κ1) is 34.5. The molecule has 8 nitrogen and oxygen atoms in total. The van der Waals surface area contributed by atoms with Gasteiger partial charge in [0.25, 0.3) is 0 Å². The molecule has 44 heavy (non-hydrogen) atoms. The molecule has 8 bridgehead atoms. The van der Waals surface area contributed by atoms with Crippen molar-refractivity contribution in [1.29, 1.82) is 0 Å². The molecule has 0 fully saturated rings. The van der Waals surface area contributed by atoms with E-state index in [1.165, 1.54) is 0 Å². The first-order chi connectivity index (χ1) is 20.0. The summed E-state index contributed by atoms with van der Waals surface area (Å²) in [7, 11) is 0. The third-order valence-electron chi connectivity index (χ3n) is 8.06. The van der Waals surface area contributed by atoms with Crippen LogP contribution < -0.4 is 9.97 Å². The Morgan fingerprint density at radius 3 is 1.89 bits per heavy atom. The summed E-state index contributed by atoms with van der Waals surface area (Å²) in [6.07, 6.45) is 4.06. The van der Waals surface area contributed by atoms with E-state index in [0.29, 0.717) is 40.8 Å². The molecule has 0 saturated carbocycles. The van der Waals surface area contributed by atoms with E-state index in [1.807, 2.05) is 52.0 Å². The van der Waals surface area contributed by atoms with Crippen molar-refractivity contribution in [2.75, 3.05) is 0 Å². The predicted octanol–water partition coefficient (Wildman–Crippen LogP) is 6.76. The molecule has 2 aliphatic heterocycles. The van der Waals surface area contributed by atoms with E-state index in [4.69, 9.17) is 19.9 Å². The molecule has 0 unspecified atom stereocenters. The fraction of sp³-hybridized carbons (Fsp3) is 0.235. The number of carboxylic acids is 2. The Balaban J connectivity index is 0.00000264. The summed E-state index contributed by atoms with van der Waals surface area (Å²) < 4.78 is 0. The second-order valence-corrected chi connectivity index (χ2v) is 10.6. The number of rotatable bonds is 8. The summed E-state index contributed by atoms with van der Waals surface area (Å²) in [5.74, 6) is -1.80. The van der Waals surface area contributed by atoms with E-state index < -0.39 is 11.9 Å². The van der Waals surface area contributed by atoms with Gasteiger partial charge in [-0.05, 0) is 62.8 Å². The minimum Gasteiger partial charge on any atom is -0.657 e. The molecule has 0 atom stereocenters. The molecule has 0 spiro atoms. The van der Waals surface area contributed by atoms with Crippen molar-refractivity contribution in [2.45, 2.75) is 53.4 Å². The number of hydrogen-bond acceptors (Lipinski definition) is 4. The van der Waals surface area contributed by atoms with Crippen molar-refractivity contribution in [3.8, 4) is 0 Å². The van der Waals surface area contributed by atoms with Crippen LogP contribution in [-0.2, 0) is 50.1 Å². The Labute approximate surface area is 277 Å². The van der Waals surface area contributed by atoms with Gasteiger partial charge in [0.2, 0.25) is 0 Å². The van der Waals surface area contributed by atoms with Gasteiger partial charge in [0.05, 0.1) is 22.8 Å². The maximum Gasteiger partial charge on any atom is 2.00 e. The van der Waals surface area contributed by atoms with E-state index in [-0.39, 0.29) is 47.0 Å². The molecular weight excluding hydrogens is 640 g/mol. The van der Waals surface area contributed by atoms with Crippen LogP contribution in [0.15, 0.2) is 43.5 Å². The summed E-state index contributed by atoms with van der Waals surface area (Å²) in [4.78, 5) is 42.7. The normalized spacial score (nSPS) is 12.5. The van der Waals surface area contributed by atoms with Crippen molar-refractivity contribution in [3.05, 3.63) is 88.5 Å². The third kappa shape index (κ3) is 6.44. The average molecular weight is 672 g/mol. The number of allylic oxidation sites excluding steroid dienone is 5. The second kappa shape index (κ2) is 13.8. The third-order valence-corrected chi connectivity index (χ3v) is 8.06. The zero-order valence-electron chi connectivity index (χ0n) is 24.9. The molecule has 0 saturated heterocycles. The fourth-order valence-electron chi connectivity index (χ4n) is 5.61. The fourth-order valence-corrected chi connectivity index (χ4v) is 5.61. The molecule has 10 heteroatoms. The first-order valence-corrected chi connectivity index (χ1v) is 13.8.